The molecule has 0 fully saturated rings. The first-order chi connectivity index (χ1) is 5.77. The van der Waals surface area contributed by atoms with Gasteiger partial charge in [0.15, 0.2) is 0 Å². The number of nitrogens with one attached hydrogen (secondary N) is 1. The van der Waals surface area contributed by atoms with Gasteiger partial charge in [0.1, 0.15) is 0 Å². The van der Waals surface area contributed by atoms with Crippen LogP contribution in [0.4, 0.5) is 0 Å². The van der Waals surface area contributed by atoms with E-state index in [0.29, 0.717) is 6.10 Å². The molecule has 0 aromatic heterocycles. The Morgan fingerprint density at radius 3 is 2.50 bits per heavy atom. The van der Waals surface area contributed by atoms with Crippen LogP contribution in [-0.2, 0) is 4.74 Å². The highest BCUT2D eigenvalue weighted by Gasteiger charge is 1.92. The lowest BCUT2D eigenvalue weighted by Gasteiger charge is -2.07. The third-order valence-electron chi connectivity index (χ3n) is 1.63. The topological polar surface area (TPSA) is 21.3 Å². The smallest absolute Gasteiger partial charge is 0.0518 e. The van der Waals surface area contributed by atoms with Crippen molar-refractivity contribution in [3.63, 3.8) is 0 Å². The van der Waals surface area contributed by atoms with E-state index in [9.17, 15) is 0 Å². The van der Waals surface area contributed by atoms with E-state index in [1.807, 2.05) is 0 Å². The van der Waals surface area contributed by atoms with E-state index in [-0.39, 0.29) is 0 Å². The second-order valence-corrected chi connectivity index (χ2v) is 3.38. The van der Waals surface area contributed by atoms with E-state index in [1.54, 1.807) is 0 Å². The first kappa shape index (κ1) is 11.9. The number of hydrogen-bond acceptors (Lipinski definition) is 2. The Balaban J connectivity index is 2.82. The van der Waals surface area contributed by atoms with Crippen molar-refractivity contribution >= 4 is 0 Å². The maximum Gasteiger partial charge on any atom is 0.0518 e. The molecular formula is C10H23NO. The zero-order valence-electron chi connectivity index (χ0n) is 8.73. The van der Waals surface area contributed by atoms with Crippen molar-refractivity contribution in [2.75, 3.05) is 19.7 Å². The monoisotopic (exact) mass is 173 g/mol. The fourth-order valence-electron chi connectivity index (χ4n) is 0.973. The Hall–Kier alpha value is -0.0800. The Labute approximate surface area is 76.7 Å². The molecule has 0 saturated heterocycles. The average Bonchev–Trinajstić information content (AvgIpc) is 2.02. The molecule has 0 atom stereocenters. The van der Waals surface area contributed by atoms with E-state index in [0.717, 1.165) is 19.7 Å². The van der Waals surface area contributed by atoms with Crippen molar-refractivity contribution in [3.05, 3.63) is 0 Å². The van der Waals surface area contributed by atoms with Crippen LogP contribution in [0.5, 0.6) is 0 Å². The van der Waals surface area contributed by atoms with Gasteiger partial charge in [-0.1, -0.05) is 6.92 Å². The zero-order valence-corrected chi connectivity index (χ0v) is 8.73. The quantitative estimate of drug-likeness (QED) is 0.568. The molecule has 2 heteroatoms. The highest BCUT2D eigenvalue weighted by atomic mass is 16.5. The van der Waals surface area contributed by atoms with Gasteiger partial charge in [0.2, 0.25) is 0 Å². The highest BCUT2D eigenvalue weighted by molar-refractivity contribution is 4.47. The molecule has 74 valence electrons. The molecule has 0 aliphatic rings. The summed E-state index contributed by atoms with van der Waals surface area (Å²) in [4.78, 5) is 0. The first-order valence-corrected chi connectivity index (χ1v) is 5.09. The number of rotatable bonds is 8. The Morgan fingerprint density at radius 1 is 1.17 bits per heavy atom. The van der Waals surface area contributed by atoms with E-state index >= 15 is 0 Å². The summed E-state index contributed by atoms with van der Waals surface area (Å²) in [5.74, 6) is 0. The molecule has 0 rings (SSSR count). The van der Waals surface area contributed by atoms with Crippen molar-refractivity contribution in [2.45, 2.75) is 46.1 Å². The molecule has 2 nitrogen and oxygen atoms in total. The van der Waals surface area contributed by atoms with Gasteiger partial charge in [-0.3, -0.25) is 0 Å². The molecule has 0 radical (unpaired) electrons. The summed E-state index contributed by atoms with van der Waals surface area (Å²) in [5, 5.41) is 3.37. The van der Waals surface area contributed by atoms with Gasteiger partial charge >= 0.3 is 0 Å². The SMILES string of the molecule is CCCNCCCCOC(C)C. The summed E-state index contributed by atoms with van der Waals surface area (Å²) in [5.41, 5.74) is 0. The lowest BCUT2D eigenvalue weighted by atomic mass is 10.3. The van der Waals surface area contributed by atoms with Crippen LogP contribution in [0.25, 0.3) is 0 Å². The average molecular weight is 173 g/mol. The van der Waals surface area contributed by atoms with Gasteiger partial charge in [0, 0.05) is 6.61 Å². The van der Waals surface area contributed by atoms with Gasteiger partial charge in [0.05, 0.1) is 6.10 Å². The van der Waals surface area contributed by atoms with Crippen LogP contribution in [0.1, 0.15) is 40.0 Å². The van der Waals surface area contributed by atoms with Crippen LogP contribution in [-0.4, -0.2) is 25.8 Å². The number of ether oxygens (including phenoxy) is 1. The lowest BCUT2D eigenvalue weighted by molar-refractivity contribution is 0.0760. The minimum atomic E-state index is 0.383. The van der Waals surface area contributed by atoms with Gasteiger partial charge in [-0.2, -0.15) is 0 Å². The molecule has 0 aliphatic heterocycles. The Morgan fingerprint density at radius 2 is 1.92 bits per heavy atom. The van der Waals surface area contributed by atoms with Crippen LogP contribution in [0.15, 0.2) is 0 Å². The van der Waals surface area contributed by atoms with E-state index in [1.165, 1.54) is 19.3 Å². The molecule has 0 heterocycles. The summed E-state index contributed by atoms with van der Waals surface area (Å²) in [6.45, 7) is 9.53. The van der Waals surface area contributed by atoms with Crippen LogP contribution >= 0.6 is 0 Å². The summed E-state index contributed by atoms with van der Waals surface area (Å²) < 4.78 is 5.42. The predicted molar refractivity (Wildman–Crippen MR) is 53.5 cm³/mol. The van der Waals surface area contributed by atoms with Crippen molar-refractivity contribution in [1.29, 1.82) is 0 Å². The van der Waals surface area contributed by atoms with Crippen molar-refractivity contribution in [2.24, 2.45) is 0 Å². The first-order valence-electron chi connectivity index (χ1n) is 5.09. The van der Waals surface area contributed by atoms with Crippen molar-refractivity contribution in [1.82, 2.24) is 5.32 Å². The molecule has 0 spiro atoms. The van der Waals surface area contributed by atoms with Crippen molar-refractivity contribution < 1.29 is 4.74 Å². The largest absolute Gasteiger partial charge is 0.379 e. The molecule has 0 aromatic carbocycles. The molecule has 0 aliphatic carbocycles. The van der Waals surface area contributed by atoms with Crippen LogP contribution in [0.3, 0.4) is 0 Å². The standard InChI is InChI=1S/C10H23NO/c1-4-7-11-8-5-6-9-12-10(2)3/h10-11H,4-9H2,1-3H3. The molecule has 0 bridgehead atoms. The van der Waals surface area contributed by atoms with Gasteiger partial charge in [-0.25, -0.2) is 0 Å². The van der Waals surface area contributed by atoms with Gasteiger partial charge in [0.25, 0.3) is 0 Å². The van der Waals surface area contributed by atoms with Gasteiger partial charge in [-0.15, -0.1) is 0 Å². The Bertz CT molecular complexity index is 83.9. The fraction of sp³-hybridized carbons (Fsp3) is 1.00. The minimum Gasteiger partial charge on any atom is -0.379 e. The molecule has 0 saturated carbocycles. The third-order valence-corrected chi connectivity index (χ3v) is 1.63. The molecule has 0 amide bonds. The normalized spacial score (nSPS) is 11.0. The molecular weight excluding hydrogens is 150 g/mol. The molecule has 12 heavy (non-hydrogen) atoms. The van der Waals surface area contributed by atoms with Crippen LogP contribution < -0.4 is 5.32 Å². The maximum absolute atomic E-state index is 5.42. The van der Waals surface area contributed by atoms with E-state index in [2.05, 4.69) is 26.1 Å². The lowest BCUT2D eigenvalue weighted by Crippen LogP contribution is -2.16. The van der Waals surface area contributed by atoms with E-state index in [4.69, 9.17) is 4.74 Å². The van der Waals surface area contributed by atoms with Crippen molar-refractivity contribution in [3.8, 4) is 0 Å². The number of unbranched alkanes of at least 4 members (excludes halogenated alkanes) is 1. The second-order valence-electron chi connectivity index (χ2n) is 3.38. The Kier molecular flexibility index (Phi) is 8.95. The molecule has 0 unspecified atom stereocenters. The number of hydrogen-bond donors (Lipinski definition) is 1. The summed E-state index contributed by atoms with van der Waals surface area (Å²) in [7, 11) is 0. The molecule has 1 N–H and O–H groups in total. The summed E-state index contributed by atoms with van der Waals surface area (Å²) in [6.07, 6.45) is 4.01. The van der Waals surface area contributed by atoms with Gasteiger partial charge in [-0.05, 0) is 46.2 Å². The minimum absolute atomic E-state index is 0.383. The second kappa shape index (κ2) is 9.01. The third kappa shape index (κ3) is 9.92. The van der Waals surface area contributed by atoms with Gasteiger partial charge < -0.3 is 10.1 Å². The zero-order chi connectivity index (χ0) is 9.23. The predicted octanol–water partition coefficient (Wildman–Crippen LogP) is 2.19. The summed E-state index contributed by atoms with van der Waals surface area (Å²) >= 11 is 0. The van der Waals surface area contributed by atoms with E-state index < -0.39 is 0 Å². The van der Waals surface area contributed by atoms with Crippen LogP contribution in [0.2, 0.25) is 0 Å². The fourth-order valence-corrected chi connectivity index (χ4v) is 0.973. The van der Waals surface area contributed by atoms with Crippen LogP contribution in [0, 0.1) is 0 Å². The molecule has 0 aromatic rings. The maximum atomic E-state index is 5.42. The highest BCUT2D eigenvalue weighted by Crippen LogP contribution is 1.93. The summed E-state index contributed by atoms with van der Waals surface area (Å²) in [6, 6.07) is 0.